The number of hydrogen-bond acceptors (Lipinski definition) is 4. The maximum Gasteiger partial charge on any atom is 0.335 e. The maximum absolute atomic E-state index is 13.5. The quantitative estimate of drug-likeness (QED) is 0.423. The summed E-state index contributed by atoms with van der Waals surface area (Å²) in [6.45, 7) is 0.319. The van der Waals surface area contributed by atoms with Crippen LogP contribution in [0.4, 0.5) is 10.2 Å². The maximum atomic E-state index is 13.5. The van der Waals surface area contributed by atoms with Crippen LogP contribution in [0, 0.1) is 5.82 Å². The number of rotatable bonds is 6. The lowest BCUT2D eigenvalue weighted by Crippen LogP contribution is -2.16. The number of benzene rings is 2. The molecule has 0 unspecified atom stereocenters. The van der Waals surface area contributed by atoms with Crippen LogP contribution in [0.3, 0.4) is 0 Å². The van der Waals surface area contributed by atoms with Crippen LogP contribution in [0.5, 0.6) is 0 Å². The minimum Gasteiger partial charge on any atom is -0.478 e. The molecule has 0 fully saturated rings. The SMILES string of the molecule is O=C(O)c1ccc(SN(Cc2ccc(F)c(Cl)c2)c2ncc(Cl)cc2Cl)cc1. The minimum atomic E-state index is -1.00. The Morgan fingerprint density at radius 2 is 1.79 bits per heavy atom. The van der Waals surface area contributed by atoms with Gasteiger partial charge in [0, 0.05) is 11.1 Å². The highest BCUT2D eigenvalue weighted by atomic mass is 35.5. The van der Waals surface area contributed by atoms with Gasteiger partial charge < -0.3 is 5.11 Å². The molecule has 1 N–H and O–H groups in total. The molecule has 144 valence electrons. The van der Waals surface area contributed by atoms with Gasteiger partial charge in [0.2, 0.25) is 0 Å². The number of aromatic nitrogens is 1. The number of nitrogens with zero attached hydrogens (tertiary/aromatic N) is 2. The van der Waals surface area contributed by atoms with Crippen molar-refractivity contribution in [3.8, 4) is 0 Å². The third kappa shape index (κ3) is 5.08. The molecule has 1 aromatic heterocycles. The second-order valence-corrected chi connectivity index (χ2v) is 8.01. The highest BCUT2D eigenvalue weighted by Crippen LogP contribution is 2.35. The average molecular weight is 458 g/mol. The molecule has 0 bridgehead atoms. The predicted molar refractivity (Wildman–Crippen MR) is 111 cm³/mol. The fourth-order valence-corrected chi connectivity index (χ4v) is 4.02. The Balaban J connectivity index is 1.93. The van der Waals surface area contributed by atoms with E-state index in [9.17, 15) is 9.18 Å². The summed E-state index contributed by atoms with van der Waals surface area (Å²) >= 11 is 19.4. The molecule has 28 heavy (non-hydrogen) atoms. The molecule has 0 atom stereocenters. The van der Waals surface area contributed by atoms with Crippen LogP contribution in [0.25, 0.3) is 0 Å². The summed E-state index contributed by atoms with van der Waals surface area (Å²) < 4.78 is 15.3. The number of carboxylic acid groups (broad SMARTS) is 1. The molecule has 0 saturated carbocycles. The molecular formula is C19H12Cl3FN2O2S. The molecule has 2 aromatic carbocycles. The first kappa shape index (κ1) is 20.7. The van der Waals surface area contributed by atoms with Crippen molar-refractivity contribution in [3.05, 3.63) is 86.7 Å². The van der Waals surface area contributed by atoms with E-state index in [4.69, 9.17) is 39.9 Å². The lowest BCUT2D eigenvalue weighted by atomic mass is 10.2. The zero-order valence-electron chi connectivity index (χ0n) is 14.1. The number of hydrogen-bond donors (Lipinski definition) is 1. The number of carbonyl (C=O) groups is 1. The van der Waals surface area contributed by atoms with E-state index in [0.717, 1.165) is 10.5 Å². The van der Waals surface area contributed by atoms with Crippen LogP contribution in [-0.4, -0.2) is 16.1 Å². The van der Waals surface area contributed by atoms with Crippen molar-refractivity contribution in [2.24, 2.45) is 0 Å². The zero-order valence-corrected chi connectivity index (χ0v) is 17.2. The fourth-order valence-electron chi connectivity index (χ4n) is 2.33. The number of halogens is 4. The Labute approximate surface area is 180 Å². The standard InChI is InChI=1S/C19H12Cl3FN2O2S/c20-13-8-16(22)18(24-9-13)25(10-11-1-6-17(23)15(21)7-11)28-14-4-2-12(3-5-14)19(26)27/h1-9H,10H2,(H,26,27). The van der Waals surface area contributed by atoms with Gasteiger partial charge in [0.1, 0.15) is 5.82 Å². The average Bonchev–Trinajstić information content (AvgIpc) is 2.65. The van der Waals surface area contributed by atoms with Crippen LogP contribution in [0.2, 0.25) is 15.1 Å². The van der Waals surface area contributed by atoms with Crippen LogP contribution in [-0.2, 0) is 6.54 Å². The third-order valence-electron chi connectivity index (χ3n) is 3.65. The molecule has 0 amide bonds. The van der Waals surface area contributed by atoms with Crippen molar-refractivity contribution >= 4 is 58.5 Å². The van der Waals surface area contributed by atoms with E-state index in [1.807, 2.05) is 0 Å². The Kier molecular flexibility index (Phi) is 6.67. The fraction of sp³-hybridized carbons (Fsp3) is 0.0526. The van der Waals surface area contributed by atoms with Crippen LogP contribution >= 0.6 is 46.8 Å². The molecule has 0 radical (unpaired) electrons. The highest BCUT2D eigenvalue weighted by Gasteiger charge is 2.16. The number of carboxylic acids is 1. The predicted octanol–water partition coefficient (Wildman–Crippen LogP) is 6.59. The lowest BCUT2D eigenvalue weighted by Gasteiger charge is -2.23. The Morgan fingerprint density at radius 1 is 1.07 bits per heavy atom. The monoisotopic (exact) mass is 456 g/mol. The third-order valence-corrected chi connectivity index (χ3v) is 5.43. The van der Waals surface area contributed by atoms with Crippen LogP contribution < -0.4 is 4.31 Å². The van der Waals surface area contributed by atoms with Crippen molar-refractivity contribution in [2.75, 3.05) is 4.31 Å². The summed E-state index contributed by atoms with van der Waals surface area (Å²) in [5.41, 5.74) is 0.928. The molecule has 3 rings (SSSR count). The summed E-state index contributed by atoms with van der Waals surface area (Å²) in [5, 5.41) is 9.80. The summed E-state index contributed by atoms with van der Waals surface area (Å²) in [4.78, 5) is 16.1. The van der Waals surface area contributed by atoms with Gasteiger partial charge >= 0.3 is 5.97 Å². The summed E-state index contributed by atoms with van der Waals surface area (Å²) in [5.74, 6) is -1.05. The van der Waals surface area contributed by atoms with E-state index < -0.39 is 11.8 Å². The Hall–Kier alpha value is -1.99. The van der Waals surface area contributed by atoms with Crippen molar-refractivity contribution in [2.45, 2.75) is 11.4 Å². The first-order valence-electron chi connectivity index (χ1n) is 7.87. The molecule has 9 heteroatoms. The highest BCUT2D eigenvalue weighted by molar-refractivity contribution is 8.00. The number of aromatic carboxylic acids is 1. The van der Waals surface area contributed by atoms with Gasteiger partial charge in [0.25, 0.3) is 0 Å². The van der Waals surface area contributed by atoms with Crippen LogP contribution in [0.1, 0.15) is 15.9 Å². The van der Waals surface area contributed by atoms with Gasteiger partial charge in [-0.15, -0.1) is 0 Å². The van der Waals surface area contributed by atoms with Crippen molar-refractivity contribution in [1.29, 1.82) is 0 Å². The Bertz CT molecular complexity index is 1020. The van der Waals surface area contributed by atoms with Gasteiger partial charge in [0.05, 0.1) is 27.2 Å². The van der Waals surface area contributed by atoms with Crippen molar-refractivity contribution in [3.63, 3.8) is 0 Å². The van der Waals surface area contributed by atoms with Gasteiger partial charge in [0.15, 0.2) is 5.82 Å². The molecule has 0 spiro atoms. The number of anilines is 1. The second-order valence-electron chi connectivity index (χ2n) is 5.66. The van der Waals surface area contributed by atoms with E-state index >= 15 is 0 Å². The largest absolute Gasteiger partial charge is 0.478 e. The van der Waals surface area contributed by atoms with Gasteiger partial charge in [-0.1, -0.05) is 40.9 Å². The van der Waals surface area contributed by atoms with E-state index in [-0.39, 0.29) is 10.6 Å². The van der Waals surface area contributed by atoms with E-state index in [2.05, 4.69) is 4.98 Å². The molecule has 0 aliphatic rings. The molecule has 0 aliphatic carbocycles. The van der Waals surface area contributed by atoms with Crippen LogP contribution in [0.15, 0.2) is 59.6 Å². The van der Waals surface area contributed by atoms with Gasteiger partial charge in [-0.2, -0.15) is 0 Å². The Morgan fingerprint density at radius 3 is 2.39 bits per heavy atom. The van der Waals surface area contributed by atoms with E-state index in [1.54, 1.807) is 28.6 Å². The van der Waals surface area contributed by atoms with Gasteiger partial charge in [-0.3, -0.25) is 4.31 Å². The lowest BCUT2D eigenvalue weighted by molar-refractivity contribution is 0.0697. The first-order valence-corrected chi connectivity index (χ1v) is 9.78. The summed E-state index contributed by atoms with van der Waals surface area (Å²) in [6.07, 6.45) is 1.47. The number of pyridine rings is 1. The normalized spacial score (nSPS) is 10.7. The van der Waals surface area contributed by atoms with Crippen molar-refractivity contribution in [1.82, 2.24) is 4.98 Å². The molecule has 4 nitrogen and oxygen atoms in total. The second kappa shape index (κ2) is 9.01. The molecular weight excluding hydrogens is 446 g/mol. The molecule has 1 heterocycles. The molecule has 0 saturated heterocycles. The van der Waals surface area contributed by atoms with Gasteiger partial charge in [-0.05, 0) is 60.0 Å². The smallest absolute Gasteiger partial charge is 0.335 e. The zero-order chi connectivity index (χ0) is 20.3. The topological polar surface area (TPSA) is 53.4 Å². The van der Waals surface area contributed by atoms with E-state index in [0.29, 0.717) is 22.4 Å². The molecule has 0 aliphatic heterocycles. The van der Waals surface area contributed by atoms with E-state index in [1.165, 1.54) is 42.4 Å². The van der Waals surface area contributed by atoms with Crippen molar-refractivity contribution < 1.29 is 14.3 Å². The summed E-state index contributed by atoms with van der Waals surface area (Å²) in [6, 6.07) is 12.4. The molecule has 3 aromatic rings. The minimum absolute atomic E-state index is 0.0171. The van der Waals surface area contributed by atoms with Gasteiger partial charge in [-0.25, -0.2) is 14.2 Å². The summed E-state index contributed by atoms with van der Waals surface area (Å²) in [7, 11) is 0. The first-order chi connectivity index (χ1) is 13.3.